The number of rotatable bonds is 2. The van der Waals surface area contributed by atoms with Crippen LogP contribution in [0, 0.1) is 5.92 Å². The summed E-state index contributed by atoms with van der Waals surface area (Å²) < 4.78 is 11.2. The maximum absolute atomic E-state index is 12.6. The number of carbonyl (C=O) groups is 2. The fourth-order valence-corrected chi connectivity index (χ4v) is 2.85. The van der Waals surface area contributed by atoms with Crippen molar-refractivity contribution in [1.29, 1.82) is 0 Å². The second-order valence-corrected chi connectivity index (χ2v) is 5.68. The van der Waals surface area contributed by atoms with Crippen LogP contribution in [0.5, 0.6) is 11.5 Å². The lowest BCUT2D eigenvalue weighted by Crippen LogP contribution is -2.41. The van der Waals surface area contributed by atoms with Gasteiger partial charge in [-0.1, -0.05) is 0 Å². The molecule has 2 heterocycles. The maximum atomic E-state index is 12.6. The van der Waals surface area contributed by atoms with Crippen molar-refractivity contribution in [3.8, 4) is 11.5 Å². The molecule has 0 aromatic heterocycles. The van der Waals surface area contributed by atoms with Crippen molar-refractivity contribution in [2.75, 3.05) is 26.3 Å². The van der Waals surface area contributed by atoms with Gasteiger partial charge < -0.3 is 20.1 Å². The zero-order valence-electron chi connectivity index (χ0n) is 12.4. The van der Waals surface area contributed by atoms with Gasteiger partial charge in [0.05, 0.1) is 13.2 Å². The number of amides is 2. The highest BCUT2D eigenvalue weighted by atomic mass is 16.5. The molecule has 2 N–H and O–H groups in total. The first-order chi connectivity index (χ1) is 10.6. The van der Waals surface area contributed by atoms with Crippen LogP contribution < -0.4 is 15.2 Å². The van der Waals surface area contributed by atoms with Crippen molar-refractivity contribution in [3.63, 3.8) is 0 Å². The van der Waals surface area contributed by atoms with Gasteiger partial charge in [0, 0.05) is 31.0 Å². The molecule has 0 bridgehead atoms. The second-order valence-electron chi connectivity index (χ2n) is 5.68. The van der Waals surface area contributed by atoms with Gasteiger partial charge in [0.25, 0.3) is 5.91 Å². The summed E-state index contributed by atoms with van der Waals surface area (Å²) in [6, 6.07) is 5.28. The molecule has 1 aromatic rings. The van der Waals surface area contributed by atoms with Crippen LogP contribution in [0.4, 0.5) is 0 Å². The lowest BCUT2D eigenvalue weighted by atomic mass is 9.96. The van der Waals surface area contributed by atoms with Crippen LogP contribution in [0.1, 0.15) is 29.6 Å². The Morgan fingerprint density at radius 1 is 1.09 bits per heavy atom. The number of benzene rings is 1. The van der Waals surface area contributed by atoms with Gasteiger partial charge in [0.1, 0.15) is 0 Å². The zero-order chi connectivity index (χ0) is 15.5. The molecule has 0 atom stereocenters. The van der Waals surface area contributed by atoms with E-state index in [1.807, 2.05) is 0 Å². The Balaban J connectivity index is 1.70. The molecule has 6 heteroatoms. The molecule has 0 saturated carbocycles. The Hall–Kier alpha value is -2.24. The fraction of sp³-hybridized carbons (Fsp3) is 0.500. The van der Waals surface area contributed by atoms with E-state index < -0.39 is 0 Å². The first-order valence-corrected chi connectivity index (χ1v) is 7.63. The van der Waals surface area contributed by atoms with Crippen LogP contribution >= 0.6 is 0 Å². The van der Waals surface area contributed by atoms with E-state index in [1.54, 1.807) is 23.1 Å². The molecule has 1 fully saturated rings. The molecule has 118 valence electrons. The average Bonchev–Trinajstić information content (AvgIpc) is 2.78. The van der Waals surface area contributed by atoms with Crippen molar-refractivity contribution >= 4 is 11.8 Å². The Bertz CT molecular complexity index is 580. The molecule has 0 unspecified atom stereocenters. The molecule has 1 saturated heterocycles. The number of hydrogen-bond acceptors (Lipinski definition) is 4. The Labute approximate surface area is 129 Å². The van der Waals surface area contributed by atoms with Crippen LogP contribution in [0.15, 0.2) is 18.2 Å². The van der Waals surface area contributed by atoms with E-state index in [2.05, 4.69) is 0 Å². The summed E-state index contributed by atoms with van der Waals surface area (Å²) in [5.74, 6) is 0.867. The summed E-state index contributed by atoms with van der Waals surface area (Å²) in [6.07, 6.45) is 2.09. The van der Waals surface area contributed by atoms with E-state index in [0.29, 0.717) is 56.2 Å². The molecule has 2 aliphatic heterocycles. The first kappa shape index (κ1) is 14.7. The van der Waals surface area contributed by atoms with E-state index in [9.17, 15) is 9.59 Å². The number of hydrogen-bond donors (Lipinski definition) is 1. The van der Waals surface area contributed by atoms with E-state index in [0.717, 1.165) is 6.42 Å². The number of fused-ring (bicyclic) bond motifs is 1. The Kier molecular flexibility index (Phi) is 4.18. The molecule has 6 nitrogen and oxygen atoms in total. The molecule has 1 aromatic carbocycles. The summed E-state index contributed by atoms with van der Waals surface area (Å²) in [5, 5.41) is 0. The lowest BCUT2D eigenvalue weighted by molar-refractivity contribution is -0.123. The minimum absolute atomic E-state index is 0.0430. The summed E-state index contributed by atoms with van der Waals surface area (Å²) in [6.45, 7) is 2.33. The van der Waals surface area contributed by atoms with E-state index in [-0.39, 0.29) is 17.7 Å². The highest BCUT2D eigenvalue weighted by Crippen LogP contribution is 2.31. The van der Waals surface area contributed by atoms with Gasteiger partial charge in [0.2, 0.25) is 5.91 Å². The molecular formula is C16H20N2O4. The van der Waals surface area contributed by atoms with Crippen molar-refractivity contribution < 1.29 is 19.1 Å². The third kappa shape index (κ3) is 3.00. The number of primary amides is 1. The molecule has 0 spiro atoms. The maximum Gasteiger partial charge on any atom is 0.253 e. The van der Waals surface area contributed by atoms with Crippen molar-refractivity contribution in [2.24, 2.45) is 11.7 Å². The average molecular weight is 304 g/mol. The number of likely N-dealkylation sites (tertiary alicyclic amines) is 1. The van der Waals surface area contributed by atoms with Gasteiger partial charge in [-0.05, 0) is 31.0 Å². The number of ether oxygens (including phenoxy) is 2. The van der Waals surface area contributed by atoms with Gasteiger partial charge in [-0.3, -0.25) is 9.59 Å². The van der Waals surface area contributed by atoms with Crippen molar-refractivity contribution in [2.45, 2.75) is 19.3 Å². The molecule has 2 aliphatic rings. The number of carbonyl (C=O) groups excluding carboxylic acids is 2. The minimum atomic E-state index is -0.275. The minimum Gasteiger partial charge on any atom is -0.490 e. The predicted octanol–water partition coefficient (Wildman–Crippen LogP) is 1.19. The molecule has 22 heavy (non-hydrogen) atoms. The topological polar surface area (TPSA) is 81.9 Å². The third-order valence-electron chi connectivity index (χ3n) is 4.18. The number of nitrogens with two attached hydrogens (primary N) is 1. The van der Waals surface area contributed by atoms with Crippen molar-refractivity contribution in [3.05, 3.63) is 23.8 Å². The SMILES string of the molecule is NC(=O)C1CCN(C(=O)c2ccc3c(c2)OCCCO3)CC1. The standard InChI is InChI=1S/C16H20N2O4/c17-15(19)11-4-6-18(7-5-11)16(20)12-2-3-13-14(10-12)22-9-1-8-21-13/h2-3,10-11H,1,4-9H2,(H2,17,19). The quantitative estimate of drug-likeness (QED) is 0.889. The van der Waals surface area contributed by atoms with E-state index in [4.69, 9.17) is 15.2 Å². The third-order valence-corrected chi connectivity index (χ3v) is 4.18. The smallest absolute Gasteiger partial charge is 0.253 e. The fourth-order valence-electron chi connectivity index (χ4n) is 2.85. The molecule has 2 amide bonds. The van der Waals surface area contributed by atoms with Gasteiger partial charge in [0.15, 0.2) is 11.5 Å². The van der Waals surface area contributed by atoms with Crippen LogP contribution in [-0.2, 0) is 4.79 Å². The number of piperidine rings is 1. The lowest BCUT2D eigenvalue weighted by Gasteiger charge is -2.30. The summed E-state index contributed by atoms with van der Waals surface area (Å²) in [5.41, 5.74) is 5.90. The van der Waals surface area contributed by atoms with Gasteiger partial charge in [-0.25, -0.2) is 0 Å². The predicted molar refractivity (Wildman–Crippen MR) is 79.9 cm³/mol. The molecule has 0 aliphatic carbocycles. The summed E-state index contributed by atoms with van der Waals surface area (Å²) >= 11 is 0. The molecule has 3 rings (SSSR count). The largest absolute Gasteiger partial charge is 0.490 e. The van der Waals surface area contributed by atoms with E-state index in [1.165, 1.54) is 0 Å². The van der Waals surface area contributed by atoms with Gasteiger partial charge >= 0.3 is 0 Å². The molecular weight excluding hydrogens is 284 g/mol. The second kappa shape index (κ2) is 6.25. The van der Waals surface area contributed by atoms with Crippen LogP contribution in [0.3, 0.4) is 0 Å². The molecule has 0 radical (unpaired) electrons. The Morgan fingerprint density at radius 2 is 1.77 bits per heavy atom. The number of nitrogens with zero attached hydrogens (tertiary/aromatic N) is 1. The summed E-state index contributed by atoms with van der Waals surface area (Å²) in [4.78, 5) is 25.5. The van der Waals surface area contributed by atoms with Gasteiger partial charge in [-0.2, -0.15) is 0 Å². The Morgan fingerprint density at radius 3 is 2.45 bits per heavy atom. The van der Waals surface area contributed by atoms with Crippen LogP contribution in [-0.4, -0.2) is 43.0 Å². The van der Waals surface area contributed by atoms with E-state index >= 15 is 0 Å². The first-order valence-electron chi connectivity index (χ1n) is 7.63. The highest BCUT2D eigenvalue weighted by Gasteiger charge is 2.27. The van der Waals surface area contributed by atoms with Crippen LogP contribution in [0.25, 0.3) is 0 Å². The zero-order valence-corrected chi connectivity index (χ0v) is 12.4. The van der Waals surface area contributed by atoms with Crippen LogP contribution in [0.2, 0.25) is 0 Å². The van der Waals surface area contributed by atoms with Gasteiger partial charge in [-0.15, -0.1) is 0 Å². The highest BCUT2D eigenvalue weighted by molar-refractivity contribution is 5.95. The normalized spacial score (nSPS) is 18.6. The summed E-state index contributed by atoms with van der Waals surface area (Å²) in [7, 11) is 0. The monoisotopic (exact) mass is 304 g/mol. The van der Waals surface area contributed by atoms with Crippen molar-refractivity contribution in [1.82, 2.24) is 4.90 Å².